The Morgan fingerprint density at radius 3 is 2.37 bits per heavy atom. The molecule has 152 valence electrons. The van der Waals surface area contributed by atoms with Crippen molar-refractivity contribution in [2.45, 2.75) is 6.43 Å². The molecule has 0 fully saturated rings. The molecule has 4 aromatic rings. The lowest BCUT2D eigenvalue weighted by Crippen LogP contribution is -2.11. The van der Waals surface area contributed by atoms with E-state index in [1.807, 2.05) is 0 Å². The third-order valence-corrected chi connectivity index (χ3v) is 4.50. The van der Waals surface area contributed by atoms with Crippen LogP contribution in [0.15, 0.2) is 72.9 Å². The number of ether oxygens (including phenoxy) is 1. The van der Waals surface area contributed by atoms with Crippen LogP contribution in [0.3, 0.4) is 0 Å². The predicted molar refractivity (Wildman–Crippen MR) is 111 cm³/mol. The molecule has 4 rings (SSSR count). The second kappa shape index (κ2) is 8.20. The summed E-state index contributed by atoms with van der Waals surface area (Å²) >= 11 is 0. The summed E-state index contributed by atoms with van der Waals surface area (Å²) in [7, 11) is 1.57. The van der Waals surface area contributed by atoms with Gasteiger partial charge in [-0.15, -0.1) is 0 Å². The van der Waals surface area contributed by atoms with E-state index in [4.69, 9.17) is 4.74 Å². The molecule has 8 heteroatoms. The first-order valence-corrected chi connectivity index (χ1v) is 9.12. The van der Waals surface area contributed by atoms with Crippen molar-refractivity contribution in [1.29, 1.82) is 0 Å². The number of pyridine rings is 1. The number of imidazole rings is 1. The average molecular weight is 408 g/mol. The van der Waals surface area contributed by atoms with Gasteiger partial charge in [-0.05, 0) is 60.7 Å². The number of benzene rings is 2. The molecule has 0 spiro atoms. The lowest BCUT2D eigenvalue weighted by atomic mass is 10.2. The second-order valence-electron chi connectivity index (χ2n) is 6.49. The van der Waals surface area contributed by atoms with Crippen LogP contribution in [0.4, 0.5) is 26.0 Å². The lowest BCUT2D eigenvalue weighted by Gasteiger charge is -2.10. The smallest absolute Gasteiger partial charge is 0.281 e. The number of fused-ring (bicyclic) bond motifs is 1. The number of anilines is 3. The molecule has 0 saturated carbocycles. The maximum absolute atomic E-state index is 12.9. The first-order chi connectivity index (χ1) is 14.5. The summed E-state index contributed by atoms with van der Waals surface area (Å²) in [4.78, 5) is 16.3. The Morgan fingerprint density at radius 1 is 1.00 bits per heavy atom. The Bertz CT molecular complexity index is 1170. The summed E-state index contributed by atoms with van der Waals surface area (Å²) < 4.78 is 32.5. The molecule has 1 amide bonds. The Morgan fingerprint density at radius 2 is 1.70 bits per heavy atom. The Hall–Kier alpha value is -3.94. The van der Waals surface area contributed by atoms with E-state index in [2.05, 4.69) is 15.6 Å². The van der Waals surface area contributed by atoms with Crippen molar-refractivity contribution >= 4 is 28.7 Å². The summed E-state index contributed by atoms with van der Waals surface area (Å²) in [5.41, 5.74) is 2.03. The Kier molecular flexibility index (Phi) is 5.30. The van der Waals surface area contributed by atoms with Crippen LogP contribution in [-0.2, 0) is 0 Å². The minimum Gasteiger partial charge on any atom is -0.497 e. The van der Waals surface area contributed by atoms with Gasteiger partial charge in [-0.3, -0.25) is 9.20 Å². The number of nitrogens with one attached hydrogen (secondary N) is 2. The highest BCUT2D eigenvalue weighted by Crippen LogP contribution is 2.24. The van der Waals surface area contributed by atoms with Crippen LogP contribution in [0.5, 0.6) is 5.75 Å². The second-order valence-corrected chi connectivity index (χ2v) is 6.49. The molecule has 2 N–H and O–H groups in total. The molecule has 0 aliphatic rings. The first-order valence-electron chi connectivity index (χ1n) is 9.12. The summed E-state index contributed by atoms with van der Waals surface area (Å²) in [6, 6.07) is 19.1. The minimum absolute atomic E-state index is 0.235. The zero-order valence-corrected chi connectivity index (χ0v) is 16.0. The van der Waals surface area contributed by atoms with Crippen LogP contribution >= 0.6 is 0 Å². The van der Waals surface area contributed by atoms with Crippen molar-refractivity contribution in [1.82, 2.24) is 9.38 Å². The van der Waals surface area contributed by atoms with E-state index in [1.165, 1.54) is 6.20 Å². The normalized spacial score (nSPS) is 10.9. The molecule has 2 aromatic carbocycles. The van der Waals surface area contributed by atoms with Crippen LogP contribution in [-0.4, -0.2) is 22.4 Å². The van der Waals surface area contributed by atoms with Gasteiger partial charge in [0.15, 0.2) is 0 Å². The van der Waals surface area contributed by atoms with E-state index in [0.717, 1.165) is 5.69 Å². The molecule has 2 heterocycles. The van der Waals surface area contributed by atoms with Crippen LogP contribution in [0, 0.1) is 0 Å². The fraction of sp³-hybridized carbons (Fsp3) is 0.0909. The molecule has 0 atom stereocenters. The van der Waals surface area contributed by atoms with Crippen molar-refractivity contribution in [2.24, 2.45) is 0 Å². The molecule has 6 nitrogen and oxygen atoms in total. The molecular weight excluding hydrogens is 390 g/mol. The van der Waals surface area contributed by atoms with E-state index < -0.39 is 6.43 Å². The van der Waals surface area contributed by atoms with E-state index in [1.54, 1.807) is 78.2 Å². The highest BCUT2D eigenvalue weighted by atomic mass is 19.3. The number of rotatable bonds is 6. The van der Waals surface area contributed by atoms with Gasteiger partial charge < -0.3 is 15.4 Å². The van der Waals surface area contributed by atoms with Crippen molar-refractivity contribution in [2.75, 3.05) is 17.7 Å². The van der Waals surface area contributed by atoms with Gasteiger partial charge in [0, 0.05) is 23.1 Å². The zero-order valence-electron chi connectivity index (χ0n) is 16.0. The van der Waals surface area contributed by atoms with Crippen molar-refractivity contribution in [3.8, 4) is 5.75 Å². The summed E-state index contributed by atoms with van der Waals surface area (Å²) in [5.74, 6) is 1.04. The van der Waals surface area contributed by atoms with Crippen molar-refractivity contribution in [3.05, 3.63) is 84.2 Å². The molecule has 0 bridgehead atoms. The van der Waals surface area contributed by atoms with Gasteiger partial charge in [-0.2, -0.15) is 0 Å². The van der Waals surface area contributed by atoms with Gasteiger partial charge in [-0.1, -0.05) is 6.07 Å². The van der Waals surface area contributed by atoms with Crippen LogP contribution in [0.2, 0.25) is 0 Å². The fourth-order valence-corrected chi connectivity index (χ4v) is 2.97. The summed E-state index contributed by atoms with van der Waals surface area (Å²) in [6.45, 7) is 0. The zero-order chi connectivity index (χ0) is 21.1. The molecule has 0 aliphatic heterocycles. The van der Waals surface area contributed by atoms with Crippen LogP contribution in [0.25, 0.3) is 5.65 Å². The van der Waals surface area contributed by atoms with E-state index in [9.17, 15) is 13.6 Å². The number of methoxy groups -OCH3 is 1. The van der Waals surface area contributed by atoms with Gasteiger partial charge in [-0.25, -0.2) is 13.8 Å². The molecule has 0 radical (unpaired) electrons. The highest BCUT2D eigenvalue weighted by Gasteiger charge is 2.13. The van der Waals surface area contributed by atoms with Gasteiger partial charge in [0.1, 0.15) is 22.9 Å². The molecule has 30 heavy (non-hydrogen) atoms. The minimum atomic E-state index is -2.63. The van der Waals surface area contributed by atoms with Gasteiger partial charge in [0.2, 0.25) is 0 Å². The summed E-state index contributed by atoms with van der Waals surface area (Å²) in [6.07, 6.45) is -1.32. The molecule has 0 aliphatic carbocycles. The molecule has 2 aromatic heterocycles. The molecule has 0 unspecified atom stereocenters. The Balaban J connectivity index is 1.47. The largest absolute Gasteiger partial charge is 0.497 e. The van der Waals surface area contributed by atoms with Crippen LogP contribution < -0.4 is 15.4 Å². The third-order valence-electron chi connectivity index (χ3n) is 4.50. The number of aromatic nitrogens is 2. The number of carbonyl (C=O) groups is 1. The SMILES string of the molecule is COc1ccc(C(=O)Nc2ccc(Nc3cccc4nc(C(F)F)cn34)cc2)cc1. The van der Waals surface area contributed by atoms with Gasteiger partial charge in [0.05, 0.1) is 7.11 Å². The number of nitrogens with zero attached hydrogens (tertiary/aromatic N) is 2. The lowest BCUT2D eigenvalue weighted by molar-refractivity contribution is 0.102. The average Bonchev–Trinajstić information content (AvgIpc) is 3.21. The van der Waals surface area contributed by atoms with Crippen LogP contribution in [0.1, 0.15) is 22.5 Å². The van der Waals surface area contributed by atoms with E-state index in [-0.39, 0.29) is 11.6 Å². The number of hydrogen-bond acceptors (Lipinski definition) is 4. The predicted octanol–water partition coefficient (Wildman–Crippen LogP) is 5.28. The number of amides is 1. The monoisotopic (exact) mass is 408 g/mol. The first kappa shape index (κ1) is 19.4. The van der Waals surface area contributed by atoms with Gasteiger partial charge in [0.25, 0.3) is 12.3 Å². The topological polar surface area (TPSA) is 67.7 Å². The highest BCUT2D eigenvalue weighted by molar-refractivity contribution is 6.04. The fourth-order valence-electron chi connectivity index (χ4n) is 2.97. The van der Waals surface area contributed by atoms with E-state index in [0.29, 0.717) is 28.5 Å². The maximum Gasteiger partial charge on any atom is 0.281 e. The summed E-state index contributed by atoms with van der Waals surface area (Å²) in [5, 5.41) is 6.00. The number of hydrogen-bond donors (Lipinski definition) is 2. The van der Waals surface area contributed by atoms with E-state index >= 15 is 0 Å². The number of alkyl halides is 2. The Labute approximate surface area is 171 Å². The van der Waals surface area contributed by atoms with Crippen molar-refractivity contribution < 1.29 is 18.3 Å². The maximum atomic E-state index is 12.9. The third kappa shape index (κ3) is 4.07. The standard InChI is InChI=1S/C22H18F2N4O2/c1-30-17-11-5-14(6-12-17)22(29)26-16-9-7-15(8-10-16)25-19-3-2-4-20-27-18(21(23)24)13-28(19)20/h2-13,21,25H,1H3,(H,26,29). The quantitative estimate of drug-likeness (QED) is 0.456. The van der Waals surface area contributed by atoms with Crippen molar-refractivity contribution in [3.63, 3.8) is 0 Å². The number of halogens is 2. The number of carbonyl (C=O) groups excluding carboxylic acids is 1. The molecular formula is C22H18F2N4O2. The van der Waals surface area contributed by atoms with Gasteiger partial charge >= 0.3 is 0 Å². The molecule has 0 saturated heterocycles.